The van der Waals surface area contributed by atoms with Gasteiger partial charge in [-0.15, -0.1) is 0 Å². The standard InChI is InChI=1S/C18H27N3O/c1-2-6-16(5-1)21-13-18(14-21)15(9-12-22-18)8-11-20-17-7-3-4-10-19-17/h3-4,7,10,15-16H,1-2,5-6,8-9,11-14H2,(H,19,20)/t15-/m1/s1. The van der Waals surface area contributed by atoms with Gasteiger partial charge in [-0.2, -0.15) is 0 Å². The summed E-state index contributed by atoms with van der Waals surface area (Å²) in [5.74, 6) is 1.69. The number of ether oxygens (including phenoxy) is 1. The second kappa shape index (κ2) is 6.17. The van der Waals surface area contributed by atoms with Gasteiger partial charge in [0.05, 0.1) is 5.60 Å². The summed E-state index contributed by atoms with van der Waals surface area (Å²) in [6, 6.07) is 6.87. The summed E-state index contributed by atoms with van der Waals surface area (Å²) >= 11 is 0. The first-order valence-electron chi connectivity index (χ1n) is 8.89. The van der Waals surface area contributed by atoms with Crippen LogP contribution in [0, 0.1) is 5.92 Å². The summed E-state index contributed by atoms with van der Waals surface area (Å²) in [6.07, 6.45) is 9.91. The molecule has 0 radical (unpaired) electrons. The molecule has 1 spiro atoms. The molecule has 0 amide bonds. The van der Waals surface area contributed by atoms with Crippen molar-refractivity contribution in [2.24, 2.45) is 5.92 Å². The van der Waals surface area contributed by atoms with Crippen LogP contribution in [0.15, 0.2) is 24.4 Å². The molecule has 1 atom stereocenters. The Morgan fingerprint density at radius 2 is 2.09 bits per heavy atom. The third kappa shape index (κ3) is 2.74. The third-order valence-electron chi connectivity index (χ3n) is 5.85. The summed E-state index contributed by atoms with van der Waals surface area (Å²) < 4.78 is 6.20. The Labute approximate surface area is 133 Å². The molecule has 2 saturated heterocycles. The van der Waals surface area contributed by atoms with Crippen molar-refractivity contribution in [3.8, 4) is 0 Å². The van der Waals surface area contributed by atoms with Gasteiger partial charge in [0.2, 0.25) is 0 Å². The van der Waals surface area contributed by atoms with Crippen molar-refractivity contribution in [3.05, 3.63) is 24.4 Å². The number of anilines is 1. The zero-order valence-corrected chi connectivity index (χ0v) is 13.3. The monoisotopic (exact) mass is 301 g/mol. The van der Waals surface area contributed by atoms with Gasteiger partial charge in [-0.1, -0.05) is 18.9 Å². The molecule has 1 aromatic heterocycles. The zero-order valence-electron chi connectivity index (χ0n) is 13.3. The Hall–Kier alpha value is -1.13. The predicted octanol–water partition coefficient (Wildman–Crippen LogP) is 2.92. The highest BCUT2D eigenvalue weighted by molar-refractivity contribution is 5.32. The summed E-state index contributed by atoms with van der Waals surface area (Å²) in [6.45, 7) is 4.29. The van der Waals surface area contributed by atoms with E-state index in [-0.39, 0.29) is 5.60 Å². The third-order valence-corrected chi connectivity index (χ3v) is 5.85. The van der Waals surface area contributed by atoms with Gasteiger partial charge in [0.15, 0.2) is 0 Å². The molecule has 1 saturated carbocycles. The van der Waals surface area contributed by atoms with Crippen molar-refractivity contribution in [2.75, 3.05) is 31.6 Å². The van der Waals surface area contributed by atoms with E-state index in [9.17, 15) is 0 Å². The maximum absolute atomic E-state index is 6.20. The molecule has 1 aromatic rings. The molecular weight excluding hydrogens is 274 g/mol. The summed E-state index contributed by atoms with van der Waals surface area (Å²) in [5.41, 5.74) is 0.175. The Morgan fingerprint density at radius 3 is 2.86 bits per heavy atom. The lowest BCUT2D eigenvalue weighted by Gasteiger charge is -2.53. The zero-order chi connectivity index (χ0) is 14.8. The fraction of sp³-hybridized carbons (Fsp3) is 0.722. The molecule has 4 heteroatoms. The van der Waals surface area contributed by atoms with Gasteiger partial charge in [0.25, 0.3) is 0 Å². The maximum Gasteiger partial charge on any atom is 0.125 e. The van der Waals surface area contributed by atoms with Crippen LogP contribution in [0.5, 0.6) is 0 Å². The Kier molecular flexibility index (Phi) is 4.05. The normalized spacial score (nSPS) is 28.1. The van der Waals surface area contributed by atoms with Gasteiger partial charge >= 0.3 is 0 Å². The van der Waals surface area contributed by atoms with E-state index in [0.29, 0.717) is 5.92 Å². The van der Waals surface area contributed by atoms with Crippen molar-refractivity contribution in [1.82, 2.24) is 9.88 Å². The molecule has 3 heterocycles. The number of pyridine rings is 1. The van der Waals surface area contributed by atoms with E-state index < -0.39 is 0 Å². The SMILES string of the molecule is c1ccc(NCC[C@@H]2CCOC23CN(C2CCCC2)C3)nc1. The van der Waals surface area contributed by atoms with Gasteiger partial charge < -0.3 is 10.1 Å². The van der Waals surface area contributed by atoms with Crippen LogP contribution in [0.1, 0.15) is 38.5 Å². The van der Waals surface area contributed by atoms with Gasteiger partial charge in [-0.05, 0) is 43.7 Å². The van der Waals surface area contributed by atoms with Gasteiger partial charge in [0, 0.05) is 38.5 Å². The van der Waals surface area contributed by atoms with Crippen molar-refractivity contribution < 1.29 is 4.74 Å². The molecule has 0 unspecified atom stereocenters. The first-order chi connectivity index (χ1) is 10.9. The van der Waals surface area contributed by atoms with Gasteiger partial charge in [0.1, 0.15) is 5.82 Å². The van der Waals surface area contributed by atoms with E-state index >= 15 is 0 Å². The quantitative estimate of drug-likeness (QED) is 0.907. The molecule has 120 valence electrons. The number of nitrogens with one attached hydrogen (secondary N) is 1. The number of rotatable bonds is 5. The molecule has 3 aliphatic rings. The van der Waals surface area contributed by atoms with Crippen molar-refractivity contribution >= 4 is 5.82 Å². The number of hydrogen-bond acceptors (Lipinski definition) is 4. The van der Waals surface area contributed by atoms with Crippen LogP contribution in [0.4, 0.5) is 5.82 Å². The van der Waals surface area contributed by atoms with E-state index in [4.69, 9.17) is 4.74 Å². The lowest BCUT2D eigenvalue weighted by Crippen LogP contribution is -2.66. The largest absolute Gasteiger partial charge is 0.372 e. The van der Waals surface area contributed by atoms with E-state index in [0.717, 1.165) is 25.0 Å². The minimum Gasteiger partial charge on any atom is -0.372 e. The van der Waals surface area contributed by atoms with E-state index in [1.807, 2.05) is 24.4 Å². The first kappa shape index (κ1) is 14.5. The van der Waals surface area contributed by atoms with Gasteiger partial charge in [-0.3, -0.25) is 4.90 Å². The number of nitrogens with zero attached hydrogens (tertiary/aromatic N) is 2. The van der Waals surface area contributed by atoms with Crippen LogP contribution >= 0.6 is 0 Å². The Balaban J connectivity index is 1.27. The van der Waals surface area contributed by atoms with Crippen molar-refractivity contribution in [1.29, 1.82) is 0 Å². The Bertz CT molecular complexity index is 480. The summed E-state index contributed by atoms with van der Waals surface area (Å²) in [7, 11) is 0. The average Bonchev–Trinajstić information content (AvgIpc) is 3.16. The molecule has 3 fully saturated rings. The lowest BCUT2D eigenvalue weighted by molar-refractivity contribution is -0.146. The molecule has 4 nitrogen and oxygen atoms in total. The van der Waals surface area contributed by atoms with E-state index in [1.54, 1.807) is 0 Å². The van der Waals surface area contributed by atoms with Crippen molar-refractivity contribution in [2.45, 2.75) is 50.2 Å². The second-order valence-electron chi connectivity index (χ2n) is 7.17. The highest BCUT2D eigenvalue weighted by Gasteiger charge is 2.54. The van der Waals surface area contributed by atoms with Crippen LogP contribution in [-0.4, -0.2) is 47.8 Å². The molecule has 22 heavy (non-hydrogen) atoms. The fourth-order valence-corrected chi connectivity index (χ4v) is 4.55. The highest BCUT2D eigenvalue weighted by atomic mass is 16.5. The minimum absolute atomic E-state index is 0.175. The van der Waals surface area contributed by atoms with Crippen LogP contribution in [-0.2, 0) is 4.74 Å². The van der Waals surface area contributed by atoms with Crippen LogP contribution < -0.4 is 5.32 Å². The number of hydrogen-bond donors (Lipinski definition) is 1. The van der Waals surface area contributed by atoms with Crippen LogP contribution in [0.3, 0.4) is 0 Å². The lowest BCUT2D eigenvalue weighted by atomic mass is 9.78. The van der Waals surface area contributed by atoms with E-state index in [1.165, 1.54) is 51.6 Å². The maximum atomic E-state index is 6.20. The first-order valence-corrected chi connectivity index (χ1v) is 8.89. The van der Waals surface area contributed by atoms with Crippen LogP contribution in [0.2, 0.25) is 0 Å². The number of likely N-dealkylation sites (tertiary alicyclic amines) is 1. The van der Waals surface area contributed by atoms with Gasteiger partial charge in [-0.25, -0.2) is 4.98 Å². The topological polar surface area (TPSA) is 37.4 Å². The Morgan fingerprint density at radius 1 is 1.23 bits per heavy atom. The predicted molar refractivity (Wildman–Crippen MR) is 88.0 cm³/mol. The summed E-state index contributed by atoms with van der Waals surface area (Å²) in [5, 5.41) is 3.44. The smallest absolute Gasteiger partial charge is 0.125 e. The van der Waals surface area contributed by atoms with E-state index in [2.05, 4.69) is 15.2 Å². The molecule has 0 bridgehead atoms. The molecular formula is C18H27N3O. The van der Waals surface area contributed by atoms with Crippen LogP contribution in [0.25, 0.3) is 0 Å². The molecule has 2 aliphatic heterocycles. The fourth-order valence-electron chi connectivity index (χ4n) is 4.55. The minimum atomic E-state index is 0.175. The average molecular weight is 301 g/mol. The van der Waals surface area contributed by atoms with Crippen molar-refractivity contribution in [3.63, 3.8) is 0 Å². The molecule has 1 N–H and O–H groups in total. The summed E-state index contributed by atoms with van der Waals surface area (Å²) in [4.78, 5) is 7.01. The second-order valence-corrected chi connectivity index (χ2v) is 7.17. The molecule has 0 aromatic carbocycles. The molecule has 1 aliphatic carbocycles. The molecule has 4 rings (SSSR count). The highest BCUT2D eigenvalue weighted by Crippen LogP contribution is 2.44. The number of aromatic nitrogens is 1.